The SMILES string of the molecule is CC(C(=O)N[C@H](C(=O)N1CCC[C@H]1CN(CCc1ccc(F)cc1)C(=O)c1cn2c(n1)CCC2)C1CCCCC1)N(C)C(=O)OC(C)(C)C. The highest BCUT2D eigenvalue weighted by atomic mass is 19.1. The van der Waals surface area contributed by atoms with Crippen molar-refractivity contribution in [2.24, 2.45) is 5.92 Å². The summed E-state index contributed by atoms with van der Waals surface area (Å²) in [6, 6.07) is 4.49. The normalized spacial score (nSPS) is 19.2. The first-order valence-corrected chi connectivity index (χ1v) is 18.0. The number of amides is 4. The number of aryl methyl sites for hydroxylation is 2. The smallest absolute Gasteiger partial charge is 0.410 e. The molecule has 1 aromatic carbocycles. The van der Waals surface area contributed by atoms with Crippen molar-refractivity contribution >= 4 is 23.8 Å². The van der Waals surface area contributed by atoms with E-state index in [1.807, 2.05) is 15.7 Å². The van der Waals surface area contributed by atoms with Crippen molar-refractivity contribution in [2.75, 3.05) is 26.7 Å². The number of nitrogens with one attached hydrogen (secondary N) is 1. The molecular formula is C37H53FN6O5. The molecule has 4 amide bonds. The maximum Gasteiger partial charge on any atom is 0.410 e. The third-order valence-electron chi connectivity index (χ3n) is 10.2. The molecular weight excluding hydrogens is 627 g/mol. The number of fused-ring (bicyclic) bond motifs is 1. The van der Waals surface area contributed by atoms with Gasteiger partial charge in [-0.25, -0.2) is 14.2 Å². The molecule has 0 radical (unpaired) electrons. The monoisotopic (exact) mass is 680 g/mol. The summed E-state index contributed by atoms with van der Waals surface area (Å²) in [7, 11) is 1.53. The first-order valence-electron chi connectivity index (χ1n) is 18.0. The Bertz CT molecular complexity index is 1460. The number of carbonyl (C=O) groups is 4. The molecule has 2 aromatic rings. The minimum absolute atomic E-state index is 0.0189. The number of rotatable bonds is 11. The summed E-state index contributed by atoms with van der Waals surface area (Å²) in [5.74, 6) is -0.139. The molecule has 0 spiro atoms. The fourth-order valence-electron chi connectivity index (χ4n) is 7.25. The summed E-state index contributed by atoms with van der Waals surface area (Å²) in [6.45, 7) is 9.05. The molecule has 49 heavy (non-hydrogen) atoms. The van der Waals surface area contributed by atoms with Crippen LogP contribution in [0, 0.1) is 11.7 Å². The molecule has 11 nitrogen and oxygen atoms in total. The van der Waals surface area contributed by atoms with Crippen molar-refractivity contribution in [3.63, 3.8) is 0 Å². The van der Waals surface area contributed by atoms with Gasteiger partial charge in [-0.15, -0.1) is 0 Å². The molecule has 3 heterocycles. The van der Waals surface area contributed by atoms with Crippen molar-refractivity contribution in [3.8, 4) is 0 Å². The fraction of sp³-hybridized carbons (Fsp3) is 0.649. The Morgan fingerprint density at radius 1 is 1.02 bits per heavy atom. The predicted molar refractivity (Wildman–Crippen MR) is 183 cm³/mol. The summed E-state index contributed by atoms with van der Waals surface area (Å²) in [5, 5.41) is 3.05. The molecule has 1 saturated heterocycles. The van der Waals surface area contributed by atoms with E-state index in [1.165, 1.54) is 24.1 Å². The highest BCUT2D eigenvalue weighted by Crippen LogP contribution is 2.30. The van der Waals surface area contributed by atoms with Gasteiger partial charge in [0.05, 0.1) is 0 Å². The molecule has 12 heteroatoms. The summed E-state index contributed by atoms with van der Waals surface area (Å²) in [4.78, 5) is 64.4. The lowest BCUT2D eigenvalue weighted by Gasteiger charge is -2.37. The van der Waals surface area contributed by atoms with Gasteiger partial charge in [0.1, 0.15) is 35.0 Å². The number of benzene rings is 1. The van der Waals surface area contributed by atoms with Crippen LogP contribution in [0.25, 0.3) is 0 Å². The Morgan fingerprint density at radius 2 is 1.73 bits per heavy atom. The minimum atomic E-state index is -0.848. The van der Waals surface area contributed by atoms with E-state index in [9.17, 15) is 23.6 Å². The van der Waals surface area contributed by atoms with Gasteiger partial charge in [-0.1, -0.05) is 31.4 Å². The maximum absolute atomic E-state index is 14.5. The molecule has 5 rings (SSSR count). The van der Waals surface area contributed by atoms with Gasteiger partial charge in [0.2, 0.25) is 11.8 Å². The predicted octanol–water partition coefficient (Wildman–Crippen LogP) is 4.96. The summed E-state index contributed by atoms with van der Waals surface area (Å²) >= 11 is 0. The average molecular weight is 681 g/mol. The van der Waals surface area contributed by atoms with Crippen LogP contribution in [0.4, 0.5) is 9.18 Å². The van der Waals surface area contributed by atoms with Gasteiger partial charge in [0.15, 0.2) is 0 Å². The van der Waals surface area contributed by atoms with Crippen molar-refractivity contribution in [2.45, 2.75) is 122 Å². The van der Waals surface area contributed by atoms with E-state index >= 15 is 0 Å². The van der Waals surface area contributed by atoms with Crippen LogP contribution in [0.3, 0.4) is 0 Å². The van der Waals surface area contributed by atoms with E-state index in [0.29, 0.717) is 31.7 Å². The first kappa shape index (κ1) is 36.3. The van der Waals surface area contributed by atoms with E-state index in [-0.39, 0.29) is 29.6 Å². The van der Waals surface area contributed by atoms with E-state index in [4.69, 9.17) is 4.74 Å². The molecule has 2 aliphatic heterocycles. The van der Waals surface area contributed by atoms with Crippen LogP contribution in [0.5, 0.6) is 0 Å². The van der Waals surface area contributed by atoms with Crippen LogP contribution in [-0.4, -0.2) is 98.5 Å². The van der Waals surface area contributed by atoms with Gasteiger partial charge < -0.3 is 24.4 Å². The van der Waals surface area contributed by atoms with Gasteiger partial charge >= 0.3 is 6.09 Å². The second-order valence-corrected chi connectivity index (χ2v) is 14.9. The molecule has 3 atom stereocenters. The maximum atomic E-state index is 14.5. The number of hydrogen-bond acceptors (Lipinski definition) is 6. The largest absolute Gasteiger partial charge is 0.444 e. The van der Waals surface area contributed by atoms with Gasteiger partial charge in [0, 0.05) is 51.9 Å². The first-order chi connectivity index (χ1) is 23.3. The van der Waals surface area contributed by atoms with Crippen LogP contribution in [0.2, 0.25) is 0 Å². The summed E-state index contributed by atoms with van der Waals surface area (Å²) < 4.78 is 21.1. The van der Waals surface area contributed by atoms with E-state index < -0.39 is 29.7 Å². The number of aromatic nitrogens is 2. The molecule has 1 N–H and O–H groups in total. The summed E-state index contributed by atoms with van der Waals surface area (Å²) in [5.41, 5.74) is 0.607. The van der Waals surface area contributed by atoms with Gasteiger partial charge in [-0.3, -0.25) is 19.3 Å². The zero-order valence-corrected chi connectivity index (χ0v) is 29.8. The van der Waals surface area contributed by atoms with E-state index in [0.717, 1.165) is 75.7 Å². The lowest BCUT2D eigenvalue weighted by molar-refractivity contribution is -0.140. The van der Waals surface area contributed by atoms with Crippen LogP contribution in [-0.2, 0) is 33.7 Å². The van der Waals surface area contributed by atoms with Gasteiger partial charge in [-0.05, 0) is 89.8 Å². The Labute approximate surface area is 289 Å². The lowest BCUT2D eigenvalue weighted by Crippen LogP contribution is -2.58. The molecule has 2 fully saturated rings. The van der Waals surface area contributed by atoms with Crippen molar-refractivity contribution in [1.82, 2.24) is 29.6 Å². The van der Waals surface area contributed by atoms with Crippen molar-refractivity contribution in [1.29, 1.82) is 0 Å². The van der Waals surface area contributed by atoms with Crippen molar-refractivity contribution < 1.29 is 28.3 Å². The zero-order valence-electron chi connectivity index (χ0n) is 29.8. The molecule has 268 valence electrons. The third kappa shape index (κ3) is 9.19. The lowest BCUT2D eigenvalue weighted by atomic mass is 9.83. The Balaban J connectivity index is 1.33. The minimum Gasteiger partial charge on any atom is -0.444 e. The highest BCUT2D eigenvalue weighted by molar-refractivity contribution is 5.93. The van der Waals surface area contributed by atoms with Crippen molar-refractivity contribution in [3.05, 3.63) is 53.4 Å². The number of imidazole rings is 1. The number of carbonyl (C=O) groups excluding carboxylic acids is 4. The zero-order chi connectivity index (χ0) is 35.3. The highest BCUT2D eigenvalue weighted by Gasteiger charge is 2.40. The van der Waals surface area contributed by atoms with Crippen LogP contribution < -0.4 is 5.32 Å². The van der Waals surface area contributed by atoms with Gasteiger partial charge in [0.25, 0.3) is 5.91 Å². The molecule has 3 aliphatic rings. The van der Waals surface area contributed by atoms with Crippen LogP contribution >= 0.6 is 0 Å². The summed E-state index contributed by atoms with van der Waals surface area (Å²) in [6.07, 6.45) is 9.86. The van der Waals surface area contributed by atoms with E-state index in [2.05, 4.69) is 10.3 Å². The third-order valence-corrected chi connectivity index (χ3v) is 10.2. The number of halogens is 1. The van der Waals surface area contributed by atoms with E-state index in [1.54, 1.807) is 44.7 Å². The fourth-order valence-corrected chi connectivity index (χ4v) is 7.25. The second-order valence-electron chi connectivity index (χ2n) is 14.9. The Kier molecular flexibility index (Phi) is 11.7. The number of ether oxygens (including phenoxy) is 1. The number of nitrogens with zero attached hydrogens (tertiary/aromatic N) is 5. The Morgan fingerprint density at radius 3 is 2.41 bits per heavy atom. The van der Waals surface area contributed by atoms with Crippen LogP contribution in [0.1, 0.15) is 101 Å². The molecule has 0 bridgehead atoms. The Hall–Kier alpha value is -3.96. The number of likely N-dealkylation sites (tertiary alicyclic amines) is 1. The topological polar surface area (TPSA) is 117 Å². The molecule has 1 aliphatic carbocycles. The molecule has 1 saturated carbocycles. The second kappa shape index (κ2) is 15.7. The van der Waals surface area contributed by atoms with Crippen LogP contribution in [0.15, 0.2) is 30.5 Å². The average Bonchev–Trinajstić information content (AvgIpc) is 3.82. The standard InChI is InChI=1S/C37H53FN6O5/c1-25(41(5)36(48)49-37(2,3)4)33(45)40-32(27-11-7-6-8-12-27)35(47)44-21-9-13-29(44)23-43(22-19-26-15-17-28(38)18-16-26)34(46)30-24-42-20-10-14-31(42)39-30/h15-18,24-25,27,29,32H,6-14,19-23H2,1-5H3,(H,40,45)/t25?,29-,32-/m0/s1. The van der Waals surface area contributed by atoms with Gasteiger partial charge in [-0.2, -0.15) is 0 Å². The molecule has 1 unspecified atom stereocenters. The quantitative estimate of drug-likeness (QED) is 0.359. The number of likely N-dealkylation sites (N-methyl/N-ethyl adjacent to an activating group) is 1. The molecule has 1 aromatic heterocycles. The number of hydrogen-bond donors (Lipinski definition) is 1.